The number of carbonyl (C=O) groups is 1. The predicted octanol–water partition coefficient (Wildman–Crippen LogP) is 3.34. The van der Waals surface area contributed by atoms with Crippen LogP contribution < -0.4 is 5.32 Å². The van der Waals surface area contributed by atoms with Gasteiger partial charge in [0.2, 0.25) is 0 Å². The first-order chi connectivity index (χ1) is 10.5. The van der Waals surface area contributed by atoms with Gasteiger partial charge in [-0.1, -0.05) is 20.3 Å². The van der Waals surface area contributed by atoms with Crippen molar-refractivity contribution >= 4 is 11.7 Å². The van der Waals surface area contributed by atoms with E-state index in [0.717, 1.165) is 17.9 Å². The standard InChI is InChI=1S/C17H26N4O/c1-11(2)15-17(7-4-8-17)10-21(15)16(22)18-13-9-20(3)19-14(13)12-5-6-12/h9,11-12,15H,4-8,10H2,1-3H3,(H,18,22). The molecule has 4 rings (SSSR count). The van der Waals surface area contributed by atoms with Gasteiger partial charge in [0, 0.05) is 37.2 Å². The Kier molecular flexibility index (Phi) is 3.03. The van der Waals surface area contributed by atoms with Gasteiger partial charge in [-0.05, 0) is 31.6 Å². The van der Waals surface area contributed by atoms with E-state index in [2.05, 4.69) is 24.3 Å². The van der Waals surface area contributed by atoms with Crippen molar-refractivity contribution in [2.75, 3.05) is 11.9 Å². The van der Waals surface area contributed by atoms with Crippen LogP contribution in [0.4, 0.5) is 10.5 Å². The van der Waals surface area contributed by atoms with Crippen molar-refractivity contribution in [3.05, 3.63) is 11.9 Å². The summed E-state index contributed by atoms with van der Waals surface area (Å²) in [6.45, 7) is 5.41. The van der Waals surface area contributed by atoms with Crippen LogP contribution in [0, 0.1) is 11.3 Å². The maximum atomic E-state index is 12.7. The average molecular weight is 302 g/mol. The third-order valence-corrected chi connectivity index (χ3v) is 5.75. The number of aromatic nitrogens is 2. The molecule has 2 amide bonds. The summed E-state index contributed by atoms with van der Waals surface area (Å²) >= 11 is 0. The number of amides is 2. The zero-order valence-corrected chi connectivity index (χ0v) is 13.8. The maximum absolute atomic E-state index is 12.7. The Morgan fingerprint density at radius 1 is 1.41 bits per heavy atom. The molecule has 22 heavy (non-hydrogen) atoms. The fourth-order valence-electron chi connectivity index (χ4n) is 4.55. The quantitative estimate of drug-likeness (QED) is 0.931. The van der Waals surface area contributed by atoms with Crippen molar-refractivity contribution in [1.29, 1.82) is 0 Å². The molecule has 2 saturated carbocycles. The summed E-state index contributed by atoms with van der Waals surface area (Å²) in [5, 5.41) is 7.65. The molecule has 2 heterocycles. The third-order valence-electron chi connectivity index (χ3n) is 5.75. The lowest BCUT2D eigenvalue weighted by molar-refractivity contribution is -0.114. The van der Waals surface area contributed by atoms with Gasteiger partial charge < -0.3 is 10.2 Å². The number of rotatable bonds is 3. The van der Waals surface area contributed by atoms with Crippen molar-refractivity contribution in [2.45, 2.75) is 57.9 Å². The Labute approximate surface area is 132 Å². The first-order valence-corrected chi connectivity index (χ1v) is 8.61. The van der Waals surface area contributed by atoms with Crippen molar-refractivity contribution in [2.24, 2.45) is 18.4 Å². The van der Waals surface area contributed by atoms with Crippen LogP contribution in [-0.2, 0) is 7.05 Å². The minimum Gasteiger partial charge on any atom is -0.320 e. The van der Waals surface area contributed by atoms with Crippen LogP contribution in [0.3, 0.4) is 0 Å². The molecule has 3 fully saturated rings. The van der Waals surface area contributed by atoms with E-state index < -0.39 is 0 Å². The lowest BCUT2D eigenvalue weighted by Gasteiger charge is -2.63. The number of hydrogen-bond acceptors (Lipinski definition) is 2. The second-order valence-corrected chi connectivity index (χ2v) is 7.84. The molecule has 1 aliphatic heterocycles. The number of nitrogens with zero attached hydrogens (tertiary/aromatic N) is 3. The molecule has 120 valence electrons. The Morgan fingerprint density at radius 3 is 2.68 bits per heavy atom. The summed E-state index contributed by atoms with van der Waals surface area (Å²) < 4.78 is 1.81. The van der Waals surface area contributed by atoms with Crippen molar-refractivity contribution in [1.82, 2.24) is 14.7 Å². The lowest BCUT2D eigenvalue weighted by Crippen LogP contribution is -2.71. The highest BCUT2D eigenvalue weighted by molar-refractivity contribution is 5.91. The Hall–Kier alpha value is -1.52. The van der Waals surface area contributed by atoms with E-state index in [1.54, 1.807) is 0 Å². The number of hydrogen-bond donors (Lipinski definition) is 1. The Morgan fingerprint density at radius 2 is 2.14 bits per heavy atom. The number of aryl methyl sites for hydroxylation is 1. The van der Waals surface area contributed by atoms with Crippen LogP contribution in [0.25, 0.3) is 0 Å². The van der Waals surface area contributed by atoms with Crippen LogP contribution in [0.15, 0.2) is 6.20 Å². The SMILES string of the molecule is CC(C)C1N(C(=O)Nc2cn(C)nc2C2CC2)CC12CCC2. The van der Waals surface area contributed by atoms with Crippen molar-refractivity contribution < 1.29 is 4.79 Å². The highest BCUT2D eigenvalue weighted by Gasteiger charge is 2.58. The second kappa shape index (κ2) is 4.74. The third kappa shape index (κ3) is 2.05. The molecule has 1 saturated heterocycles. The Balaban J connectivity index is 1.48. The summed E-state index contributed by atoms with van der Waals surface area (Å²) in [5.41, 5.74) is 2.41. The van der Waals surface area contributed by atoms with Gasteiger partial charge in [-0.25, -0.2) is 4.79 Å². The zero-order chi connectivity index (χ0) is 15.5. The van der Waals surface area contributed by atoms with E-state index in [1.165, 1.54) is 32.1 Å². The van der Waals surface area contributed by atoms with Gasteiger partial charge in [0.05, 0.1) is 11.4 Å². The molecule has 2 aliphatic carbocycles. The molecule has 0 bridgehead atoms. The maximum Gasteiger partial charge on any atom is 0.322 e. The highest BCUT2D eigenvalue weighted by Crippen LogP contribution is 2.55. The van der Waals surface area contributed by atoms with E-state index in [-0.39, 0.29) is 6.03 Å². The van der Waals surface area contributed by atoms with Crippen LogP contribution in [0.5, 0.6) is 0 Å². The van der Waals surface area contributed by atoms with E-state index in [0.29, 0.717) is 23.3 Å². The van der Waals surface area contributed by atoms with Gasteiger partial charge in [0.25, 0.3) is 0 Å². The molecular formula is C17H26N4O. The molecule has 1 N–H and O–H groups in total. The molecule has 1 aromatic rings. The van der Waals surface area contributed by atoms with Gasteiger partial charge in [0.15, 0.2) is 0 Å². The molecule has 5 heteroatoms. The van der Waals surface area contributed by atoms with Crippen LogP contribution in [0.1, 0.15) is 57.6 Å². The molecular weight excluding hydrogens is 276 g/mol. The summed E-state index contributed by atoms with van der Waals surface area (Å²) in [4.78, 5) is 14.8. The largest absolute Gasteiger partial charge is 0.322 e. The minimum atomic E-state index is 0.0612. The number of nitrogens with one attached hydrogen (secondary N) is 1. The van der Waals surface area contributed by atoms with Crippen molar-refractivity contribution in [3.8, 4) is 0 Å². The molecule has 1 atom stereocenters. The number of anilines is 1. The molecule has 5 nitrogen and oxygen atoms in total. The molecule has 1 unspecified atom stereocenters. The average Bonchev–Trinajstić information content (AvgIpc) is 3.10. The van der Waals surface area contributed by atoms with Crippen molar-refractivity contribution in [3.63, 3.8) is 0 Å². The molecule has 0 aromatic carbocycles. The topological polar surface area (TPSA) is 50.2 Å². The number of urea groups is 1. The number of likely N-dealkylation sites (tertiary alicyclic amines) is 1. The predicted molar refractivity (Wildman–Crippen MR) is 85.8 cm³/mol. The minimum absolute atomic E-state index is 0.0612. The lowest BCUT2D eigenvalue weighted by atomic mass is 9.55. The van der Waals surface area contributed by atoms with Crippen LogP contribution >= 0.6 is 0 Å². The van der Waals surface area contributed by atoms with E-state index >= 15 is 0 Å². The molecule has 3 aliphatic rings. The highest BCUT2D eigenvalue weighted by atomic mass is 16.2. The fourth-order valence-corrected chi connectivity index (χ4v) is 4.55. The zero-order valence-electron chi connectivity index (χ0n) is 13.8. The first-order valence-electron chi connectivity index (χ1n) is 8.61. The van der Waals surface area contributed by atoms with Crippen LogP contribution in [0.2, 0.25) is 0 Å². The summed E-state index contributed by atoms with van der Waals surface area (Å²) in [5.74, 6) is 1.07. The summed E-state index contributed by atoms with van der Waals surface area (Å²) in [7, 11) is 1.92. The Bertz CT molecular complexity index is 598. The second-order valence-electron chi connectivity index (χ2n) is 7.84. The van der Waals surface area contributed by atoms with E-state index in [1.807, 2.05) is 22.8 Å². The molecule has 0 radical (unpaired) electrons. The van der Waals surface area contributed by atoms with E-state index in [4.69, 9.17) is 0 Å². The monoisotopic (exact) mass is 302 g/mol. The smallest absolute Gasteiger partial charge is 0.320 e. The van der Waals surface area contributed by atoms with Gasteiger partial charge in [-0.2, -0.15) is 5.10 Å². The van der Waals surface area contributed by atoms with Gasteiger partial charge in [-0.3, -0.25) is 4.68 Å². The first kappa shape index (κ1) is 14.1. The fraction of sp³-hybridized carbons (Fsp3) is 0.765. The van der Waals surface area contributed by atoms with Gasteiger partial charge in [0.1, 0.15) is 0 Å². The molecule has 1 aromatic heterocycles. The summed E-state index contributed by atoms with van der Waals surface area (Å²) in [6, 6.07) is 0.466. The summed E-state index contributed by atoms with van der Waals surface area (Å²) in [6.07, 6.45) is 8.24. The molecule has 1 spiro atoms. The van der Waals surface area contributed by atoms with Crippen LogP contribution in [-0.4, -0.2) is 33.3 Å². The number of carbonyl (C=O) groups excluding carboxylic acids is 1. The van der Waals surface area contributed by atoms with E-state index in [9.17, 15) is 4.79 Å². The van der Waals surface area contributed by atoms with Gasteiger partial charge in [-0.15, -0.1) is 0 Å². The normalized spacial score (nSPS) is 26.0. The van der Waals surface area contributed by atoms with Gasteiger partial charge >= 0.3 is 6.03 Å².